The van der Waals surface area contributed by atoms with Gasteiger partial charge in [0.15, 0.2) is 18.1 Å². The molecule has 0 spiro atoms. The summed E-state index contributed by atoms with van der Waals surface area (Å²) in [7, 11) is 0. The number of nitrogens with one attached hydrogen (secondary N) is 1. The Kier molecular flexibility index (Phi) is 6.31. The van der Waals surface area contributed by atoms with Gasteiger partial charge in [-0.2, -0.15) is 0 Å². The third kappa shape index (κ3) is 4.77. The van der Waals surface area contributed by atoms with E-state index in [9.17, 15) is 9.59 Å². The van der Waals surface area contributed by atoms with Crippen molar-refractivity contribution in [1.29, 1.82) is 0 Å². The highest BCUT2D eigenvalue weighted by Crippen LogP contribution is 2.32. The van der Waals surface area contributed by atoms with E-state index in [4.69, 9.17) is 49.0 Å². The molecule has 27 heavy (non-hydrogen) atoms. The Bertz CT molecular complexity index is 874. The second-order valence-corrected chi connectivity index (χ2v) is 6.79. The summed E-state index contributed by atoms with van der Waals surface area (Å²) in [5, 5.41) is 2.83. The number of hydrogen-bond acceptors (Lipinski definition) is 5. The van der Waals surface area contributed by atoms with Gasteiger partial charge in [0.1, 0.15) is 12.7 Å². The van der Waals surface area contributed by atoms with Crippen molar-refractivity contribution in [3.63, 3.8) is 0 Å². The van der Waals surface area contributed by atoms with Crippen LogP contribution in [0, 0.1) is 0 Å². The van der Waals surface area contributed by atoms with Gasteiger partial charge in [-0.25, -0.2) is 4.79 Å². The highest BCUT2D eigenvalue weighted by molar-refractivity contribution is 6.46. The Labute approximate surface area is 170 Å². The van der Waals surface area contributed by atoms with Crippen molar-refractivity contribution < 1.29 is 23.8 Å². The third-order valence-electron chi connectivity index (χ3n) is 3.68. The average molecular weight is 431 g/mol. The second-order valence-electron chi connectivity index (χ2n) is 5.60. The van der Waals surface area contributed by atoms with Crippen molar-refractivity contribution in [1.82, 2.24) is 5.32 Å². The molecule has 0 saturated heterocycles. The van der Waals surface area contributed by atoms with Crippen LogP contribution in [0.3, 0.4) is 0 Å². The fourth-order valence-corrected chi connectivity index (χ4v) is 3.04. The second kappa shape index (κ2) is 8.69. The standard InChI is InChI=1S/C18H14Cl3NO5/c19-11-5-6-12(20)17(21)16(11)18(24)26-9-15(23)22-7-10-8-25-13-3-1-2-4-14(13)27-10/h1-6,10H,7-9H2,(H,22,23). The number of halogens is 3. The predicted octanol–water partition coefficient (Wildman–Crippen LogP) is 3.76. The number of fused-ring (bicyclic) bond motifs is 1. The molecule has 1 N–H and O–H groups in total. The van der Waals surface area contributed by atoms with Crippen LogP contribution in [-0.4, -0.2) is 37.7 Å². The predicted molar refractivity (Wildman–Crippen MR) is 101 cm³/mol. The number of para-hydroxylation sites is 2. The molecule has 1 unspecified atom stereocenters. The van der Waals surface area contributed by atoms with Crippen LogP contribution in [0.15, 0.2) is 36.4 Å². The lowest BCUT2D eigenvalue weighted by atomic mass is 10.2. The largest absolute Gasteiger partial charge is 0.486 e. The molecule has 1 aliphatic rings. The summed E-state index contributed by atoms with van der Waals surface area (Å²) in [6, 6.07) is 10.1. The third-order valence-corrected chi connectivity index (χ3v) is 4.80. The van der Waals surface area contributed by atoms with Crippen molar-refractivity contribution in [2.45, 2.75) is 6.10 Å². The molecule has 1 atom stereocenters. The maximum atomic E-state index is 12.1. The van der Waals surface area contributed by atoms with Gasteiger partial charge in [0.2, 0.25) is 0 Å². The first kappa shape index (κ1) is 19.6. The Morgan fingerprint density at radius 1 is 1.07 bits per heavy atom. The molecule has 0 bridgehead atoms. The topological polar surface area (TPSA) is 73.9 Å². The highest BCUT2D eigenvalue weighted by Gasteiger charge is 2.22. The van der Waals surface area contributed by atoms with E-state index in [1.54, 1.807) is 12.1 Å². The van der Waals surface area contributed by atoms with Gasteiger partial charge in [0, 0.05) is 0 Å². The van der Waals surface area contributed by atoms with E-state index in [-0.39, 0.29) is 33.3 Å². The fourth-order valence-electron chi connectivity index (χ4n) is 2.36. The number of amides is 1. The molecule has 6 nitrogen and oxygen atoms in total. The van der Waals surface area contributed by atoms with Crippen LogP contribution in [0.4, 0.5) is 0 Å². The van der Waals surface area contributed by atoms with E-state index in [1.807, 2.05) is 12.1 Å². The Hall–Kier alpha value is -2.15. The lowest BCUT2D eigenvalue weighted by Crippen LogP contribution is -2.42. The average Bonchev–Trinajstić information content (AvgIpc) is 2.67. The lowest BCUT2D eigenvalue weighted by molar-refractivity contribution is -0.124. The molecule has 2 aromatic carbocycles. The maximum absolute atomic E-state index is 12.1. The lowest BCUT2D eigenvalue weighted by Gasteiger charge is -2.26. The maximum Gasteiger partial charge on any atom is 0.341 e. The van der Waals surface area contributed by atoms with Gasteiger partial charge in [-0.3, -0.25) is 4.79 Å². The molecule has 0 fully saturated rings. The number of carbonyl (C=O) groups is 2. The summed E-state index contributed by atoms with van der Waals surface area (Å²) in [4.78, 5) is 24.0. The summed E-state index contributed by atoms with van der Waals surface area (Å²) in [5.41, 5.74) is -0.0840. The van der Waals surface area contributed by atoms with Gasteiger partial charge < -0.3 is 19.5 Å². The molecule has 1 amide bonds. The number of benzene rings is 2. The molecule has 2 aromatic rings. The van der Waals surface area contributed by atoms with E-state index >= 15 is 0 Å². The smallest absolute Gasteiger partial charge is 0.341 e. The zero-order valence-corrected chi connectivity index (χ0v) is 16.1. The van der Waals surface area contributed by atoms with Crippen molar-refractivity contribution in [2.75, 3.05) is 19.8 Å². The van der Waals surface area contributed by atoms with Crippen LogP contribution in [0.25, 0.3) is 0 Å². The molecule has 0 radical (unpaired) electrons. The molecular formula is C18H14Cl3NO5. The van der Waals surface area contributed by atoms with Crippen LogP contribution in [0.5, 0.6) is 11.5 Å². The zero-order valence-electron chi connectivity index (χ0n) is 13.8. The molecule has 1 aliphatic heterocycles. The number of carbonyl (C=O) groups excluding carboxylic acids is 2. The minimum atomic E-state index is -0.839. The van der Waals surface area contributed by atoms with Crippen molar-refractivity contribution in [3.05, 3.63) is 57.0 Å². The number of hydrogen-bond donors (Lipinski definition) is 1. The number of ether oxygens (including phenoxy) is 3. The van der Waals surface area contributed by atoms with Gasteiger partial charge in [-0.15, -0.1) is 0 Å². The van der Waals surface area contributed by atoms with Gasteiger partial charge in [-0.05, 0) is 24.3 Å². The van der Waals surface area contributed by atoms with Crippen molar-refractivity contribution in [3.8, 4) is 11.5 Å². The summed E-state index contributed by atoms with van der Waals surface area (Å²) in [6.07, 6.45) is -0.351. The van der Waals surface area contributed by atoms with E-state index in [0.29, 0.717) is 18.1 Å². The first-order valence-electron chi connectivity index (χ1n) is 7.91. The molecule has 0 aromatic heterocycles. The SMILES string of the molecule is O=C(COC(=O)c1c(Cl)ccc(Cl)c1Cl)NCC1COc2ccccc2O1. The normalized spacial score (nSPS) is 15.1. The number of esters is 1. The van der Waals surface area contributed by atoms with Crippen LogP contribution >= 0.6 is 34.8 Å². The minimum absolute atomic E-state index is 0.0269. The monoisotopic (exact) mass is 429 g/mol. The Morgan fingerprint density at radius 2 is 1.78 bits per heavy atom. The highest BCUT2D eigenvalue weighted by atomic mass is 35.5. The fraction of sp³-hybridized carbons (Fsp3) is 0.222. The van der Waals surface area contributed by atoms with Crippen LogP contribution in [-0.2, 0) is 9.53 Å². The summed E-state index contributed by atoms with van der Waals surface area (Å²) in [5.74, 6) is -0.0714. The summed E-state index contributed by atoms with van der Waals surface area (Å²) < 4.78 is 16.2. The quantitative estimate of drug-likeness (QED) is 0.577. The van der Waals surface area contributed by atoms with Crippen LogP contribution in [0.1, 0.15) is 10.4 Å². The summed E-state index contributed by atoms with van der Waals surface area (Å²) >= 11 is 17.8. The zero-order chi connectivity index (χ0) is 19.4. The molecule has 0 aliphatic carbocycles. The first-order chi connectivity index (χ1) is 13.0. The molecule has 142 valence electrons. The van der Waals surface area contributed by atoms with E-state index < -0.39 is 18.5 Å². The van der Waals surface area contributed by atoms with E-state index in [0.717, 1.165) is 0 Å². The van der Waals surface area contributed by atoms with E-state index in [1.165, 1.54) is 12.1 Å². The Balaban J connectivity index is 1.48. The van der Waals surface area contributed by atoms with Gasteiger partial charge in [-0.1, -0.05) is 46.9 Å². The van der Waals surface area contributed by atoms with Gasteiger partial charge in [0.25, 0.3) is 5.91 Å². The molecule has 0 saturated carbocycles. The molecule has 1 heterocycles. The van der Waals surface area contributed by atoms with E-state index in [2.05, 4.69) is 5.32 Å². The Morgan fingerprint density at radius 3 is 2.56 bits per heavy atom. The molecule has 3 rings (SSSR count). The first-order valence-corrected chi connectivity index (χ1v) is 9.05. The van der Waals surface area contributed by atoms with Gasteiger partial charge >= 0.3 is 5.97 Å². The molecule has 9 heteroatoms. The van der Waals surface area contributed by atoms with Crippen molar-refractivity contribution >= 4 is 46.7 Å². The summed E-state index contributed by atoms with van der Waals surface area (Å²) in [6.45, 7) is -0.00360. The van der Waals surface area contributed by atoms with Crippen LogP contribution in [0.2, 0.25) is 15.1 Å². The van der Waals surface area contributed by atoms with Gasteiger partial charge in [0.05, 0.1) is 27.2 Å². The molecular weight excluding hydrogens is 417 g/mol. The van der Waals surface area contributed by atoms with Crippen LogP contribution < -0.4 is 14.8 Å². The number of rotatable bonds is 5. The van der Waals surface area contributed by atoms with Crippen molar-refractivity contribution in [2.24, 2.45) is 0 Å². The minimum Gasteiger partial charge on any atom is -0.486 e.